The van der Waals surface area contributed by atoms with Crippen LogP contribution in [0.25, 0.3) is 0 Å². The van der Waals surface area contributed by atoms with E-state index in [0.717, 1.165) is 5.92 Å². The molecule has 0 bridgehead atoms. The van der Waals surface area contributed by atoms with Crippen molar-refractivity contribution < 1.29 is 0 Å². The Hall–Kier alpha value is -0.790. The number of aromatic nitrogens is 2. The first-order valence-corrected chi connectivity index (χ1v) is 5.28. The standard InChI is InChI=1S/C11H18N2/c1-9(2)8-10-4-3-6-13-7-5-12-11(10)13/h5,7,9-10H,3-4,6,8H2,1-2H3. The number of aryl methyl sites for hydroxylation is 1. The Morgan fingerprint density at radius 1 is 1.62 bits per heavy atom. The predicted molar refractivity (Wildman–Crippen MR) is 53.7 cm³/mol. The molecule has 1 atom stereocenters. The molecular formula is C11H18N2. The van der Waals surface area contributed by atoms with Crippen LogP contribution in [-0.4, -0.2) is 9.55 Å². The molecule has 0 saturated carbocycles. The fraction of sp³-hybridized carbons (Fsp3) is 0.727. The van der Waals surface area contributed by atoms with Crippen LogP contribution in [0.1, 0.15) is 44.9 Å². The van der Waals surface area contributed by atoms with E-state index in [1.807, 2.05) is 6.20 Å². The second-order valence-electron chi connectivity index (χ2n) is 4.45. The highest BCUT2D eigenvalue weighted by atomic mass is 15.1. The lowest BCUT2D eigenvalue weighted by molar-refractivity contribution is 0.385. The normalized spacial score (nSPS) is 21.9. The van der Waals surface area contributed by atoms with Crippen LogP contribution in [0.2, 0.25) is 0 Å². The summed E-state index contributed by atoms with van der Waals surface area (Å²) in [5.41, 5.74) is 0. The van der Waals surface area contributed by atoms with Gasteiger partial charge in [-0.2, -0.15) is 0 Å². The van der Waals surface area contributed by atoms with Crippen LogP contribution < -0.4 is 0 Å². The van der Waals surface area contributed by atoms with Gasteiger partial charge in [0.05, 0.1) is 0 Å². The van der Waals surface area contributed by atoms with E-state index in [4.69, 9.17) is 0 Å². The quantitative estimate of drug-likeness (QED) is 0.681. The first-order valence-electron chi connectivity index (χ1n) is 5.28. The van der Waals surface area contributed by atoms with Crippen molar-refractivity contribution in [2.75, 3.05) is 0 Å². The van der Waals surface area contributed by atoms with Gasteiger partial charge in [0, 0.05) is 24.9 Å². The molecule has 1 unspecified atom stereocenters. The lowest BCUT2D eigenvalue weighted by Crippen LogP contribution is -2.16. The van der Waals surface area contributed by atoms with Crippen LogP contribution in [0.3, 0.4) is 0 Å². The molecule has 1 aromatic heterocycles. The maximum absolute atomic E-state index is 4.45. The molecule has 13 heavy (non-hydrogen) atoms. The molecule has 1 aromatic rings. The minimum atomic E-state index is 0.712. The minimum Gasteiger partial charge on any atom is -0.335 e. The topological polar surface area (TPSA) is 17.8 Å². The number of rotatable bonds is 2. The van der Waals surface area contributed by atoms with Crippen molar-refractivity contribution in [1.82, 2.24) is 9.55 Å². The third kappa shape index (κ3) is 1.77. The van der Waals surface area contributed by atoms with E-state index in [-0.39, 0.29) is 0 Å². The Bertz CT molecular complexity index is 275. The van der Waals surface area contributed by atoms with Gasteiger partial charge in [-0.05, 0) is 25.2 Å². The van der Waals surface area contributed by atoms with Gasteiger partial charge in [0.15, 0.2) is 0 Å². The Kier molecular flexibility index (Phi) is 2.38. The highest BCUT2D eigenvalue weighted by Crippen LogP contribution is 2.30. The summed E-state index contributed by atoms with van der Waals surface area (Å²) in [6.07, 6.45) is 7.99. The van der Waals surface area contributed by atoms with Crippen LogP contribution in [0.4, 0.5) is 0 Å². The maximum Gasteiger partial charge on any atom is 0.111 e. The number of imidazole rings is 1. The Morgan fingerprint density at radius 2 is 2.46 bits per heavy atom. The molecule has 0 radical (unpaired) electrons. The van der Waals surface area contributed by atoms with Gasteiger partial charge >= 0.3 is 0 Å². The van der Waals surface area contributed by atoms with Crippen LogP contribution >= 0.6 is 0 Å². The van der Waals surface area contributed by atoms with E-state index in [1.54, 1.807) is 0 Å². The summed E-state index contributed by atoms with van der Waals surface area (Å²) in [7, 11) is 0. The largest absolute Gasteiger partial charge is 0.335 e. The molecule has 2 rings (SSSR count). The molecule has 0 amide bonds. The first kappa shape index (κ1) is 8.79. The number of fused-ring (bicyclic) bond motifs is 1. The van der Waals surface area contributed by atoms with E-state index >= 15 is 0 Å². The van der Waals surface area contributed by atoms with Crippen LogP contribution in [-0.2, 0) is 6.54 Å². The van der Waals surface area contributed by atoms with Crippen molar-refractivity contribution in [1.29, 1.82) is 0 Å². The van der Waals surface area contributed by atoms with Gasteiger partial charge in [0.2, 0.25) is 0 Å². The van der Waals surface area contributed by atoms with Gasteiger partial charge in [-0.15, -0.1) is 0 Å². The van der Waals surface area contributed by atoms with E-state index in [2.05, 4.69) is 29.6 Å². The summed E-state index contributed by atoms with van der Waals surface area (Å²) in [5, 5.41) is 0. The van der Waals surface area contributed by atoms with Gasteiger partial charge < -0.3 is 4.57 Å². The third-order valence-electron chi connectivity index (χ3n) is 2.82. The van der Waals surface area contributed by atoms with Crippen molar-refractivity contribution in [3.8, 4) is 0 Å². The summed E-state index contributed by atoms with van der Waals surface area (Å²) in [6.45, 7) is 5.76. The summed E-state index contributed by atoms with van der Waals surface area (Å²) in [4.78, 5) is 4.45. The molecule has 0 N–H and O–H groups in total. The Morgan fingerprint density at radius 3 is 3.23 bits per heavy atom. The van der Waals surface area contributed by atoms with Crippen molar-refractivity contribution in [3.63, 3.8) is 0 Å². The molecule has 1 aliphatic rings. The second-order valence-corrected chi connectivity index (χ2v) is 4.45. The monoisotopic (exact) mass is 178 g/mol. The molecule has 0 aromatic carbocycles. The lowest BCUT2D eigenvalue weighted by Gasteiger charge is -2.24. The predicted octanol–water partition coefficient (Wildman–Crippen LogP) is 2.81. The molecule has 2 nitrogen and oxygen atoms in total. The van der Waals surface area contributed by atoms with Crippen LogP contribution in [0.15, 0.2) is 12.4 Å². The van der Waals surface area contributed by atoms with Crippen molar-refractivity contribution in [3.05, 3.63) is 18.2 Å². The zero-order valence-corrected chi connectivity index (χ0v) is 8.53. The average Bonchev–Trinajstić information content (AvgIpc) is 2.51. The minimum absolute atomic E-state index is 0.712. The molecule has 0 fully saturated rings. The van der Waals surface area contributed by atoms with Gasteiger partial charge in [0.1, 0.15) is 5.82 Å². The SMILES string of the molecule is CC(C)CC1CCCn2ccnc21. The molecule has 0 spiro atoms. The molecule has 0 saturated heterocycles. The zero-order chi connectivity index (χ0) is 9.26. The van der Waals surface area contributed by atoms with Crippen LogP contribution in [0.5, 0.6) is 0 Å². The highest BCUT2D eigenvalue weighted by Gasteiger charge is 2.21. The summed E-state index contributed by atoms with van der Waals surface area (Å²) in [5.74, 6) is 2.82. The lowest BCUT2D eigenvalue weighted by atomic mass is 9.90. The Labute approximate surface area is 80.0 Å². The van der Waals surface area contributed by atoms with E-state index in [1.165, 1.54) is 31.6 Å². The zero-order valence-electron chi connectivity index (χ0n) is 8.53. The van der Waals surface area contributed by atoms with Gasteiger partial charge in [-0.1, -0.05) is 13.8 Å². The van der Waals surface area contributed by atoms with Crippen molar-refractivity contribution in [2.45, 2.75) is 45.6 Å². The molecule has 0 aliphatic carbocycles. The summed E-state index contributed by atoms with van der Waals surface area (Å²) in [6, 6.07) is 0. The fourth-order valence-corrected chi connectivity index (χ4v) is 2.30. The first-order chi connectivity index (χ1) is 6.27. The Balaban J connectivity index is 2.15. The van der Waals surface area contributed by atoms with E-state index in [9.17, 15) is 0 Å². The average molecular weight is 178 g/mol. The molecule has 2 heterocycles. The van der Waals surface area contributed by atoms with Crippen LogP contribution in [0, 0.1) is 5.92 Å². The maximum atomic E-state index is 4.45. The molecule has 72 valence electrons. The molecule has 2 heteroatoms. The van der Waals surface area contributed by atoms with Gasteiger partial charge in [-0.25, -0.2) is 4.98 Å². The van der Waals surface area contributed by atoms with E-state index in [0.29, 0.717) is 5.92 Å². The number of nitrogens with zero attached hydrogens (tertiary/aromatic N) is 2. The second kappa shape index (κ2) is 3.52. The fourth-order valence-electron chi connectivity index (χ4n) is 2.30. The van der Waals surface area contributed by atoms with Gasteiger partial charge in [-0.3, -0.25) is 0 Å². The third-order valence-corrected chi connectivity index (χ3v) is 2.82. The number of hydrogen-bond acceptors (Lipinski definition) is 1. The number of hydrogen-bond donors (Lipinski definition) is 0. The summed E-state index contributed by atoms with van der Waals surface area (Å²) >= 11 is 0. The molecule has 1 aliphatic heterocycles. The summed E-state index contributed by atoms with van der Waals surface area (Å²) < 4.78 is 2.32. The van der Waals surface area contributed by atoms with Crippen molar-refractivity contribution >= 4 is 0 Å². The highest BCUT2D eigenvalue weighted by molar-refractivity contribution is 5.03. The van der Waals surface area contributed by atoms with Crippen molar-refractivity contribution in [2.24, 2.45) is 5.92 Å². The van der Waals surface area contributed by atoms with E-state index < -0.39 is 0 Å². The smallest absolute Gasteiger partial charge is 0.111 e. The van der Waals surface area contributed by atoms with Gasteiger partial charge in [0.25, 0.3) is 0 Å². The molecular weight excluding hydrogens is 160 g/mol.